The van der Waals surface area contributed by atoms with Gasteiger partial charge in [0.1, 0.15) is 11.4 Å². The van der Waals surface area contributed by atoms with Gasteiger partial charge < -0.3 is 9.64 Å². The second kappa shape index (κ2) is 7.75. The Balaban J connectivity index is 1.73. The molecule has 1 aromatic carbocycles. The molecule has 5 nitrogen and oxygen atoms in total. The first-order valence-electron chi connectivity index (χ1n) is 10.2. The lowest BCUT2D eigenvalue weighted by Gasteiger charge is -2.32. The van der Waals surface area contributed by atoms with E-state index in [9.17, 15) is 9.59 Å². The number of hydrogen-bond donors (Lipinski definition) is 0. The monoisotopic (exact) mass is 368 g/mol. The van der Waals surface area contributed by atoms with Crippen molar-refractivity contribution < 1.29 is 14.3 Å². The van der Waals surface area contributed by atoms with E-state index in [1.54, 1.807) is 12.0 Å². The molecule has 2 aliphatic heterocycles. The molecule has 0 bridgehead atoms. The lowest BCUT2D eigenvalue weighted by molar-refractivity contribution is -0.141. The lowest BCUT2D eigenvalue weighted by Crippen LogP contribution is -2.44. The topological polar surface area (TPSA) is 49.9 Å². The maximum Gasteiger partial charge on any atom is 0.278 e. The molecule has 2 heterocycles. The number of amides is 2. The molecule has 0 unspecified atom stereocenters. The fourth-order valence-electron chi connectivity index (χ4n) is 4.63. The second-order valence-electron chi connectivity index (χ2n) is 7.77. The van der Waals surface area contributed by atoms with Crippen molar-refractivity contribution in [3.8, 4) is 5.75 Å². The van der Waals surface area contributed by atoms with Gasteiger partial charge in [0, 0.05) is 19.1 Å². The Morgan fingerprint density at radius 1 is 0.852 bits per heavy atom. The van der Waals surface area contributed by atoms with Gasteiger partial charge in [0.05, 0.1) is 12.7 Å². The Hall–Kier alpha value is -2.30. The van der Waals surface area contributed by atoms with Gasteiger partial charge in [-0.05, 0) is 49.8 Å². The molecule has 4 rings (SSSR count). The maximum absolute atomic E-state index is 13.4. The average molecular weight is 368 g/mol. The number of ether oxygens (including phenoxy) is 1. The molecule has 144 valence electrons. The minimum Gasteiger partial charge on any atom is -0.497 e. The van der Waals surface area contributed by atoms with Crippen LogP contribution in [0.3, 0.4) is 0 Å². The van der Waals surface area contributed by atoms with E-state index in [1.165, 1.54) is 12.8 Å². The Bertz CT molecular complexity index is 741. The van der Waals surface area contributed by atoms with Crippen LogP contribution in [-0.2, 0) is 9.59 Å². The Morgan fingerprint density at radius 3 is 2.11 bits per heavy atom. The third-order valence-corrected chi connectivity index (χ3v) is 6.08. The van der Waals surface area contributed by atoms with Gasteiger partial charge in [0.2, 0.25) is 0 Å². The molecule has 1 aliphatic carbocycles. The van der Waals surface area contributed by atoms with Crippen LogP contribution in [0.25, 0.3) is 5.57 Å². The number of benzene rings is 1. The Labute approximate surface area is 161 Å². The molecule has 0 atom stereocenters. The molecule has 0 N–H and O–H groups in total. The van der Waals surface area contributed by atoms with Crippen LogP contribution in [-0.4, -0.2) is 47.9 Å². The number of hydrogen-bond acceptors (Lipinski definition) is 4. The van der Waals surface area contributed by atoms with E-state index < -0.39 is 0 Å². The van der Waals surface area contributed by atoms with Crippen molar-refractivity contribution in [1.82, 2.24) is 9.80 Å². The number of carbonyl (C=O) groups is 2. The zero-order chi connectivity index (χ0) is 18.8. The van der Waals surface area contributed by atoms with E-state index in [-0.39, 0.29) is 17.9 Å². The summed E-state index contributed by atoms with van der Waals surface area (Å²) in [7, 11) is 1.63. The Kier molecular flexibility index (Phi) is 5.19. The minimum atomic E-state index is -0.113. The second-order valence-corrected chi connectivity index (χ2v) is 7.77. The predicted molar refractivity (Wildman–Crippen MR) is 104 cm³/mol. The highest BCUT2D eigenvalue weighted by Gasteiger charge is 2.44. The van der Waals surface area contributed by atoms with Crippen LogP contribution in [0.5, 0.6) is 5.75 Å². The van der Waals surface area contributed by atoms with Gasteiger partial charge in [-0.15, -0.1) is 0 Å². The molecule has 2 fully saturated rings. The molecular weight excluding hydrogens is 340 g/mol. The van der Waals surface area contributed by atoms with E-state index in [1.807, 2.05) is 24.3 Å². The lowest BCUT2D eigenvalue weighted by atomic mass is 9.94. The number of methoxy groups -OCH3 is 1. The number of nitrogens with zero attached hydrogens (tertiary/aromatic N) is 2. The summed E-state index contributed by atoms with van der Waals surface area (Å²) >= 11 is 0. The van der Waals surface area contributed by atoms with Crippen LogP contribution in [0.15, 0.2) is 30.0 Å². The van der Waals surface area contributed by atoms with E-state index in [0.29, 0.717) is 11.3 Å². The van der Waals surface area contributed by atoms with Crippen LogP contribution in [0.4, 0.5) is 0 Å². The van der Waals surface area contributed by atoms with Gasteiger partial charge in [0.25, 0.3) is 11.8 Å². The van der Waals surface area contributed by atoms with Crippen LogP contribution in [0.2, 0.25) is 0 Å². The summed E-state index contributed by atoms with van der Waals surface area (Å²) in [6, 6.07) is 7.56. The van der Waals surface area contributed by atoms with Gasteiger partial charge >= 0.3 is 0 Å². The van der Waals surface area contributed by atoms with Crippen molar-refractivity contribution in [2.75, 3.05) is 20.2 Å². The normalized spacial score (nSPS) is 22.0. The summed E-state index contributed by atoms with van der Waals surface area (Å²) in [6.07, 6.45) is 8.59. The van der Waals surface area contributed by atoms with E-state index in [2.05, 4.69) is 4.90 Å². The van der Waals surface area contributed by atoms with Crippen LogP contribution in [0.1, 0.15) is 56.9 Å². The predicted octanol–water partition coefficient (Wildman–Crippen LogP) is 3.59. The fourth-order valence-corrected chi connectivity index (χ4v) is 4.63. The average Bonchev–Trinajstić information content (AvgIpc) is 2.99. The maximum atomic E-state index is 13.4. The Morgan fingerprint density at radius 2 is 1.48 bits per heavy atom. The van der Waals surface area contributed by atoms with Crippen molar-refractivity contribution in [3.05, 3.63) is 35.5 Å². The molecule has 0 spiro atoms. The third kappa shape index (κ3) is 3.35. The summed E-state index contributed by atoms with van der Waals surface area (Å²) in [5.74, 6) is 0.553. The molecule has 1 saturated heterocycles. The molecule has 0 radical (unpaired) electrons. The fraction of sp³-hybridized carbons (Fsp3) is 0.545. The summed E-state index contributed by atoms with van der Waals surface area (Å²) in [5, 5.41) is 0. The first-order chi connectivity index (χ1) is 13.2. The van der Waals surface area contributed by atoms with E-state index in [4.69, 9.17) is 4.74 Å². The number of piperidine rings is 1. The molecule has 3 aliphatic rings. The third-order valence-electron chi connectivity index (χ3n) is 6.08. The molecule has 1 saturated carbocycles. The van der Waals surface area contributed by atoms with E-state index in [0.717, 1.165) is 62.9 Å². The zero-order valence-electron chi connectivity index (χ0n) is 16.1. The van der Waals surface area contributed by atoms with Crippen molar-refractivity contribution in [1.29, 1.82) is 0 Å². The van der Waals surface area contributed by atoms with Gasteiger partial charge in [-0.25, -0.2) is 0 Å². The highest BCUT2D eigenvalue weighted by molar-refractivity contribution is 6.35. The largest absolute Gasteiger partial charge is 0.497 e. The van der Waals surface area contributed by atoms with Crippen LogP contribution >= 0.6 is 0 Å². The number of rotatable bonds is 4. The summed E-state index contributed by atoms with van der Waals surface area (Å²) in [5.41, 5.74) is 2.01. The number of carbonyl (C=O) groups excluding carboxylic acids is 2. The standard InChI is InChI=1S/C22H28N2O3/c1-27-18-12-10-16(11-13-18)19-20(23-14-6-3-7-15-23)22(26)24(21(19)25)17-8-4-2-5-9-17/h10-13,17H,2-9,14-15H2,1H3. The van der Waals surface area contributed by atoms with Crippen molar-refractivity contribution in [2.24, 2.45) is 0 Å². The number of likely N-dealkylation sites (tertiary alicyclic amines) is 1. The zero-order valence-corrected chi connectivity index (χ0v) is 16.1. The quantitative estimate of drug-likeness (QED) is 0.762. The van der Waals surface area contributed by atoms with Crippen LogP contribution in [0, 0.1) is 0 Å². The van der Waals surface area contributed by atoms with Gasteiger partial charge in [-0.2, -0.15) is 0 Å². The van der Waals surface area contributed by atoms with Gasteiger partial charge in [0.15, 0.2) is 0 Å². The molecule has 2 amide bonds. The van der Waals surface area contributed by atoms with Gasteiger partial charge in [-0.3, -0.25) is 14.5 Å². The van der Waals surface area contributed by atoms with Gasteiger partial charge in [-0.1, -0.05) is 31.4 Å². The first-order valence-corrected chi connectivity index (χ1v) is 10.2. The SMILES string of the molecule is COc1ccc(C2=C(N3CCCCC3)C(=O)N(C3CCCCC3)C2=O)cc1. The van der Waals surface area contributed by atoms with Crippen molar-refractivity contribution in [3.63, 3.8) is 0 Å². The summed E-state index contributed by atoms with van der Waals surface area (Å²) < 4.78 is 5.25. The highest BCUT2D eigenvalue weighted by atomic mass is 16.5. The molecule has 27 heavy (non-hydrogen) atoms. The first kappa shape index (κ1) is 18.1. The molecule has 5 heteroatoms. The van der Waals surface area contributed by atoms with Crippen molar-refractivity contribution >= 4 is 17.4 Å². The summed E-state index contributed by atoms with van der Waals surface area (Å²) in [6.45, 7) is 1.71. The summed E-state index contributed by atoms with van der Waals surface area (Å²) in [4.78, 5) is 30.5. The minimum absolute atomic E-state index is 0.0503. The highest BCUT2D eigenvalue weighted by Crippen LogP contribution is 2.37. The van der Waals surface area contributed by atoms with E-state index >= 15 is 0 Å². The molecular formula is C22H28N2O3. The van der Waals surface area contributed by atoms with Crippen LogP contribution < -0.4 is 4.74 Å². The smallest absolute Gasteiger partial charge is 0.278 e. The van der Waals surface area contributed by atoms with Crippen molar-refractivity contribution in [2.45, 2.75) is 57.4 Å². The number of imide groups is 1. The molecule has 1 aromatic rings. The molecule has 0 aromatic heterocycles.